The van der Waals surface area contributed by atoms with Gasteiger partial charge in [0.15, 0.2) is 0 Å². The molecule has 4 rings (SSSR count). The predicted molar refractivity (Wildman–Crippen MR) is 140 cm³/mol. The normalized spacial score (nSPS) is 14.7. The van der Waals surface area contributed by atoms with E-state index in [9.17, 15) is 14.7 Å². The molecule has 0 unspecified atom stereocenters. The Kier molecular flexibility index (Phi) is 8.74. The Morgan fingerprint density at radius 3 is 2.56 bits per heavy atom. The summed E-state index contributed by atoms with van der Waals surface area (Å²) in [4.78, 5) is 28.7. The lowest BCUT2D eigenvalue weighted by molar-refractivity contribution is -0.137. The van der Waals surface area contributed by atoms with Crippen molar-refractivity contribution in [2.45, 2.75) is 38.8 Å². The molecule has 6 nitrogen and oxygen atoms in total. The molecule has 1 amide bonds. The molecule has 0 atom stereocenters. The minimum absolute atomic E-state index is 0.231. The average molecular weight is 487 g/mol. The van der Waals surface area contributed by atoms with Gasteiger partial charge in [0.2, 0.25) is 0 Å². The molecule has 0 saturated carbocycles. The highest BCUT2D eigenvalue weighted by atomic mass is 16.5. The SMILES string of the molecule is CN1CCCCCOc2ccc(C(=O)N(CC(=O)O)Cc3ccccc3)cc2Cc2cccc(c2)C1. The third-order valence-corrected chi connectivity index (χ3v) is 6.42. The van der Waals surface area contributed by atoms with E-state index in [4.69, 9.17) is 4.74 Å². The quantitative estimate of drug-likeness (QED) is 0.550. The van der Waals surface area contributed by atoms with Crippen molar-refractivity contribution in [2.75, 3.05) is 26.7 Å². The fourth-order valence-electron chi connectivity index (χ4n) is 4.63. The van der Waals surface area contributed by atoms with E-state index in [1.807, 2.05) is 42.5 Å². The minimum atomic E-state index is -1.04. The highest BCUT2D eigenvalue weighted by Gasteiger charge is 2.21. The minimum Gasteiger partial charge on any atom is -0.493 e. The number of hydrogen-bond acceptors (Lipinski definition) is 4. The Labute approximate surface area is 213 Å². The van der Waals surface area contributed by atoms with Crippen LogP contribution in [0.4, 0.5) is 0 Å². The first kappa shape index (κ1) is 25.5. The van der Waals surface area contributed by atoms with Crippen LogP contribution in [0.5, 0.6) is 5.75 Å². The topological polar surface area (TPSA) is 70.1 Å². The lowest BCUT2D eigenvalue weighted by Gasteiger charge is -2.22. The number of benzene rings is 3. The molecule has 0 aliphatic carbocycles. The van der Waals surface area contributed by atoms with Crippen molar-refractivity contribution in [3.8, 4) is 5.75 Å². The number of fused-ring (bicyclic) bond motifs is 3. The summed E-state index contributed by atoms with van der Waals surface area (Å²) in [7, 11) is 2.15. The van der Waals surface area contributed by atoms with Gasteiger partial charge in [0, 0.05) is 25.1 Å². The number of rotatable bonds is 5. The van der Waals surface area contributed by atoms with Gasteiger partial charge in [-0.15, -0.1) is 0 Å². The molecule has 0 fully saturated rings. The molecular weight excluding hydrogens is 452 g/mol. The van der Waals surface area contributed by atoms with Crippen LogP contribution in [0.25, 0.3) is 0 Å². The Morgan fingerprint density at radius 1 is 0.944 bits per heavy atom. The Balaban J connectivity index is 1.63. The number of nitrogens with zero attached hydrogens (tertiary/aromatic N) is 2. The van der Waals surface area contributed by atoms with E-state index in [0.717, 1.165) is 54.8 Å². The average Bonchev–Trinajstić information content (AvgIpc) is 2.86. The number of carbonyl (C=O) groups is 2. The summed E-state index contributed by atoms with van der Waals surface area (Å²) in [5.74, 6) is -0.569. The van der Waals surface area contributed by atoms with Gasteiger partial charge >= 0.3 is 5.97 Å². The van der Waals surface area contributed by atoms with Crippen molar-refractivity contribution >= 4 is 11.9 Å². The van der Waals surface area contributed by atoms with Crippen molar-refractivity contribution in [1.82, 2.24) is 9.80 Å². The van der Waals surface area contributed by atoms with E-state index < -0.39 is 5.97 Å². The van der Waals surface area contributed by atoms with Gasteiger partial charge in [0.25, 0.3) is 5.91 Å². The van der Waals surface area contributed by atoms with Crippen LogP contribution >= 0.6 is 0 Å². The molecule has 1 aliphatic rings. The van der Waals surface area contributed by atoms with Gasteiger partial charge in [0.05, 0.1) is 6.61 Å². The molecule has 0 spiro atoms. The van der Waals surface area contributed by atoms with E-state index >= 15 is 0 Å². The standard InChI is InChI=1S/C30H34N2O4/c1-31-15-6-3-7-16-36-28-14-13-26(19-27(28)18-24-11-8-12-25(17-24)20-31)30(35)32(22-29(33)34)21-23-9-4-2-5-10-23/h2,4-5,8-14,17,19H,3,6-7,15-16,18,20-22H2,1H3,(H,33,34). The van der Waals surface area contributed by atoms with Crippen LogP contribution in [0.15, 0.2) is 72.8 Å². The van der Waals surface area contributed by atoms with Crippen LogP contribution in [0.1, 0.15) is 51.9 Å². The molecule has 0 saturated heterocycles. The number of ether oxygens (including phenoxy) is 1. The van der Waals surface area contributed by atoms with E-state index in [1.54, 1.807) is 6.07 Å². The molecule has 3 aromatic carbocycles. The van der Waals surface area contributed by atoms with Gasteiger partial charge < -0.3 is 19.6 Å². The van der Waals surface area contributed by atoms with E-state index in [0.29, 0.717) is 18.6 Å². The number of carboxylic acids is 1. The summed E-state index contributed by atoms with van der Waals surface area (Å²) in [6.07, 6.45) is 3.83. The zero-order chi connectivity index (χ0) is 25.3. The van der Waals surface area contributed by atoms with Crippen LogP contribution in [0, 0.1) is 0 Å². The van der Waals surface area contributed by atoms with Gasteiger partial charge in [-0.25, -0.2) is 0 Å². The first-order valence-electron chi connectivity index (χ1n) is 12.5. The number of aliphatic carboxylic acids is 1. The molecule has 0 aromatic heterocycles. The van der Waals surface area contributed by atoms with Crippen LogP contribution in [0.2, 0.25) is 0 Å². The Hall–Kier alpha value is -3.64. The van der Waals surface area contributed by atoms with Crippen molar-refractivity contribution in [1.29, 1.82) is 0 Å². The monoisotopic (exact) mass is 486 g/mol. The number of hydrogen-bond donors (Lipinski definition) is 1. The molecule has 3 aromatic rings. The fraction of sp³-hybridized carbons (Fsp3) is 0.333. The summed E-state index contributed by atoms with van der Waals surface area (Å²) in [6, 6.07) is 23.5. The molecule has 1 aliphatic heterocycles. The summed E-state index contributed by atoms with van der Waals surface area (Å²) in [6.45, 7) is 2.46. The molecule has 6 heteroatoms. The van der Waals surface area contributed by atoms with Gasteiger partial charge in [-0.1, -0.05) is 54.6 Å². The van der Waals surface area contributed by atoms with Crippen LogP contribution < -0.4 is 4.74 Å². The maximum absolute atomic E-state index is 13.5. The summed E-state index contributed by atoms with van der Waals surface area (Å²) in [5, 5.41) is 9.45. The highest BCUT2D eigenvalue weighted by molar-refractivity contribution is 5.96. The number of carboxylic acid groups (broad SMARTS) is 1. The van der Waals surface area contributed by atoms with Crippen molar-refractivity contribution in [3.05, 3.63) is 101 Å². The second-order valence-electron chi connectivity index (χ2n) is 9.51. The highest BCUT2D eigenvalue weighted by Crippen LogP contribution is 2.26. The number of carbonyl (C=O) groups excluding carboxylic acids is 1. The van der Waals surface area contributed by atoms with Crippen LogP contribution in [-0.4, -0.2) is 53.5 Å². The first-order chi connectivity index (χ1) is 17.5. The Morgan fingerprint density at radius 2 is 1.75 bits per heavy atom. The van der Waals surface area contributed by atoms with Gasteiger partial charge in [-0.2, -0.15) is 0 Å². The molecule has 36 heavy (non-hydrogen) atoms. The van der Waals surface area contributed by atoms with E-state index in [2.05, 4.69) is 36.2 Å². The molecule has 1 N–H and O–H groups in total. The van der Waals surface area contributed by atoms with Gasteiger partial charge in [-0.3, -0.25) is 9.59 Å². The van der Waals surface area contributed by atoms with Gasteiger partial charge in [0.1, 0.15) is 12.3 Å². The van der Waals surface area contributed by atoms with Gasteiger partial charge in [-0.05, 0) is 73.3 Å². The van der Waals surface area contributed by atoms with Crippen molar-refractivity contribution in [2.24, 2.45) is 0 Å². The van der Waals surface area contributed by atoms with Crippen molar-refractivity contribution in [3.63, 3.8) is 0 Å². The van der Waals surface area contributed by atoms with Crippen LogP contribution in [0.3, 0.4) is 0 Å². The summed E-state index contributed by atoms with van der Waals surface area (Å²) < 4.78 is 6.15. The zero-order valence-electron chi connectivity index (χ0n) is 20.9. The number of amides is 1. The summed E-state index contributed by atoms with van der Waals surface area (Å²) >= 11 is 0. The van der Waals surface area contributed by atoms with E-state index in [1.165, 1.54) is 10.5 Å². The Bertz CT molecular complexity index is 1180. The fourth-order valence-corrected chi connectivity index (χ4v) is 4.63. The lowest BCUT2D eigenvalue weighted by Crippen LogP contribution is -2.35. The second-order valence-corrected chi connectivity index (χ2v) is 9.51. The third-order valence-electron chi connectivity index (χ3n) is 6.42. The van der Waals surface area contributed by atoms with Crippen molar-refractivity contribution < 1.29 is 19.4 Å². The largest absolute Gasteiger partial charge is 0.493 e. The predicted octanol–water partition coefficient (Wildman–Crippen LogP) is 5.00. The molecule has 2 bridgehead atoms. The molecular formula is C30H34N2O4. The lowest BCUT2D eigenvalue weighted by atomic mass is 9.99. The molecule has 0 radical (unpaired) electrons. The molecule has 188 valence electrons. The second kappa shape index (κ2) is 12.4. The van der Waals surface area contributed by atoms with Crippen LogP contribution in [-0.2, 0) is 24.3 Å². The summed E-state index contributed by atoms with van der Waals surface area (Å²) in [5.41, 5.74) is 4.69. The van der Waals surface area contributed by atoms with E-state index in [-0.39, 0.29) is 19.0 Å². The maximum atomic E-state index is 13.5. The maximum Gasteiger partial charge on any atom is 0.323 e. The third kappa shape index (κ3) is 7.18. The smallest absolute Gasteiger partial charge is 0.323 e. The zero-order valence-corrected chi connectivity index (χ0v) is 20.9. The molecule has 1 heterocycles. The first-order valence-corrected chi connectivity index (χ1v) is 12.5.